The predicted molar refractivity (Wildman–Crippen MR) is 39.7 cm³/mol. The Balaban J connectivity index is 3.82. The lowest BCUT2D eigenvalue weighted by Crippen LogP contribution is -1.89. The average molecular weight is 210 g/mol. The van der Waals surface area contributed by atoms with Crippen LogP contribution in [-0.4, -0.2) is 3.72 Å². The molecule has 0 saturated heterocycles. The predicted octanol–water partition coefficient (Wildman–Crippen LogP) is 1.26. The summed E-state index contributed by atoms with van der Waals surface area (Å²) in [5, 5.41) is 6.94. The number of nitrogens with two attached hydrogens (primary N) is 1. The highest BCUT2D eigenvalue weighted by Gasteiger charge is 1.87. The van der Waals surface area contributed by atoms with Crippen molar-refractivity contribution in [2.75, 3.05) is 0 Å². The largest absolute Gasteiger partial charge is 0.404 e. The van der Waals surface area contributed by atoms with Crippen LogP contribution in [0.2, 0.25) is 0 Å². The van der Waals surface area contributed by atoms with Crippen LogP contribution in [0.25, 0.3) is 0 Å². The van der Waals surface area contributed by atoms with Gasteiger partial charge in [0.05, 0.1) is 3.72 Å². The number of hydrogen-bond acceptors (Lipinski definition) is 2. The molecule has 2 nitrogen and oxygen atoms in total. The standard InChI is InChI=1S/C4H7IN2/c1-3(2-6)4(5)7/h2,7H,6H2,1H3/b3-2-,7-4?. The van der Waals surface area contributed by atoms with Crippen LogP contribution in [0.5, 0.6) is 0 Å². The molecule has 0 bridgehead atoms. The first-order valence-corrected chi connectivity index (χ1v) is 2.89. The minimum Gasteiger partial charge on any atom is -0.404 e. The molecule has 0 aliphatic carbocycles. The molecule has 0 amide bonds. The second kappa shape index (κ2) is 3.01. The zero-order valence-corrected chi connectivity index (χ0v) is 6.19. The molecule has 0 aliphatic rings. The van der Waals surface area contributed by atoms with Crippen molar-refractivity contribution in [2.45, 2.75) is 6.92 Å². The fourth-order valence-electron chi connectivity index (χ4n) is 0.0732. The van der Waals surface area contributed by atoms with Crippen molar-refractivity contribution < 1.29 is 0 Å². The Kier molecular flexibility index (Phi) is 2.98. The fraction of sp³-hybridized carbons (Fsp3) is 0.250. The molecular formula is C4H7IN2. The third-order valence-corrected chi connectivity index (χ3v) is 1.45. The molecule has 3 heteroatoms. The van der Waals surface area contributed by atoms with Crippen LogP contribution < -0.4 is 5.73 Å². The van der Waals surface area contributed by atoms with E-state index in [2.05, 4.69) is 0 Å². The topological polar surface area (TPSA) is 49.9 Å². The molecule has 3 N–H and O–H groups in total. The maximum absolute atomic E-state index is 6.94. The van der Waals surface area contributed by atoms with Crippen LogP contribution in [0.1, 0.15) is 6.92 Å². The maximum Gasteiger partial charge on any atom is 0.0963 e. The van der Waals surface area contributed by atoms with Crippen LogP contribution in [-0.2, 0) is 0 Å². The minimum atomic E-state index is 0.500. The Labute approximate surface area is 56.4 Å². The van der Waals surface area contributed by atoms with Crippen LogP contribution in [0.3, 0.4) is 0 Å². The normalized spacial score (nSPS) is 11.4. The van der Waals surface area contributed by atoms with Crippen LogP contribution >= 0.6 is 22.6 Å². The number of hydrogen-bond donors (Lipinski definition) is 2. The van der Waals surface area contributed by atoms with Gasteiger partial charge in [0.2, 0.25) is 0 Å². The Bertz CT molecular complexity index is 106. The lowest BCUT2D eigenvalue weighted by Gasteiger charge is -1.87. The molecule has 40 valence electrons. The molecule has 0 unspecified atom stereocenters. The summed E-state index contributed by atoms with van der Waals surface area (Å²) in [5.74, 6) is 0. The first-order chi connectivity index (χ1) is 3.18. The van der Waals surface area contributed by atoms with Gasteiger partial charge in [-0.05, 0) is 41.3 Å². The van der Waals surface area contributed by atoms with Crippen LogP contribution in [0.15, 0.2) is 11.8 Å². The number of allylic oxidation sites excluding steroid dienone is 1. The Morgan fingerprint density at radius 3 is 2.29 bits per heavy atom. The van der Waals surface area contributed by atoms with Crippen molar-refractivity contribution in [3.8, 4) is 0 Å². The van der Waals surface area contributed by atoms with E-state index in [4.69, 9.17) is 11.1 Å². The molecule has 0 aromatic carbocycles. The highest BCUT2D eigenvalue weighted by molar-refractivity contribution is 14.1. The molecule has 0 aromatic rings. The molecule has 0 rings (SSSR count). The summed E-state index contributed by atoms with van der Waals surface area (Å²) in [6, 6.07) is 0. The van der Waals surface area contributed by atoms with E-state index in [1.54, 1.807) is 6.92 Å². The molecule has 0 aromatic heterocycles. The van der Waals surface area contributed by atoms with Gasteiger partial charge in [-0.2, -0.15) is 0 Å². The maximum atomic E-state index is 6.94. The SMILES string of the molecule is C/C(=C/N)C(=N)I. The summed E-state index contributed by atoms with van der Waals surface area (Å²) in [4.78, 5) is 0. The molecule has 0 aliphatic heterocycles. The van der Waals surface area contributed by atoms with Crippen LogP contribution in [0, 0.1) is 5.41 Å². The van der Waals surface area contributed by atoms with E-state index < -0.39 is 0 Å². The van der Waals surface area contributed by atoms with Crippen LogP contribution in [0.4, 0.5) is 0 Å². The second-order valence-electron chi connectivity index (χ2n) is 1.16. The quantitative estimate of drug-likeness (QED) is 0.496. The highest BCUT2D eigenvalue weighted by atomic mass is 127. The Morgan fingerprint density at radius 1 is 1.86 bits per heavy atom. The van der Waals surface area contributed by atoms with Gasteiger partial charge in [0, 0.05) is 0 Å². The molecule has 0 radical (unpaired) electrons. The second-order valence-corrected chi connectivity index (χ2v) is 2.24. The molecule has 0 saturated carbocycles. The number of halogens is 1. The first-order valence-electron chi connectivity index (χ1n) is 1.81. The minimum absolute atomic E-state index is 0.500. The summed E-state index contributed by atoms with van der Waals surface area (Å²) >= 11 is 1.90. The van der Waals surface area contributed by atoms with E-state index in [0.29, 0.717) is 3.72 Å². The van der Waals surface area contributed by atoms with Gasteiger partial charge in [0.25, 0.3) is 0 Å². The smallest absolute Gasteiger partial charge is 0.0963 e. The van der Waals surface area contributed by atoms with Gasteiger partial charge in [0.15, 0.2) is 0 Å². The Morgan fingerprint density at radius 2 is 2.29 bits per heavy atom. The van der Waals surface area contributed by atoms with Gasteiger partial charge in [-0.15, -0.1) is 0 Å². The average Bonchev–Trinajstić information content (AvgIpc) is 1.65. The van der Waals surface area contributed by atoms with E-state index in [1.165, 1.54) is 6.20 Å². The lowest BCUT2D eigenvalue weighted by molar-refractivity contribution is 1.45. The van der Waals surface area contributed by atoms with E-state index >= 15 is 0 Å². The van der Waals surface area contributed by atoms with Gasteiger partial charge < -0.3 is 5.73 Å². The summed E-state index contributed by atoms with van der Waals surface area (Å²) < 4.78 is 0.500. The van der Waals surface area contributed by atoms with Crippen molar-refractivity contribution in [2.24, 2.45) is 5.73 Å². The fourth-order valence-corrected chi connectivity index (χ4v) is 0.253. The van der Waals surface area contributed by atoms with Crippen molar-refractivity contribution in [1.29, 1.82) is 5.41 Å². The van der Waals surface area contributed by atoms with Gasteiger partial charge in [0.1, 0.15) is 0 Å². The van der Waals surface area contributed by atoms with E-state index in [1.807, 2.05) is 22.6 Å². The van der Waals surface area contributed by atoms with E-state index in [-0.39, 0.29) is 0 Å². The summed E-state index contributed by atoms with van der Waals surface area (Å²) in [5.41, 5.74) is 5.89. The third-order valence-electron chi connectivity index (χ3n) is 0.596. The van der Waals surface area contributed by atoms with Crippen molar-refractivity contribution in [3.63, 3.8) is 0 Å². The first kappa shape index (κ1) is 6.94. The molecule has 0 spiro atoms. The van der Waals surface area contributed by atoms with E-state index in [9.17, 15) is 0 Å². The zero-order valence-electron chi connectivity index (χ0n) is 4.03. The third kappa shape index (κ3) is 2.61. The number of nitrogens with one attached hydrogen (secondary N) is 1. The van der Waals surface area contributed by atoms with Gasteiger partial charge in [-0.3, -0.25) is 5.41 Å². The van der Waals surface area contributed by atoms with E-state index in [0.717, 1.165) is 5.57 Å². The monoisotopic (exact) mass is 210 g/mol. The summed E-state index contributed by atoms with van der Waals surface area (Å²) in [7, 11) is 0. The van der Waals surface area contributed by atoms with Gasteiger partial charge in [-0.25, -0.2) is 0 Å². The van der Waals surface area contributed by atoms with Crippen molar-refractivity contribution in [1.82, 2.24) is 0 Å². The summed E-state index contributed by atoms with van der Waals surface area (Å²) in [6.45, 7) is 1.80. The summed E-state index contributed by atoms with van der Waals surface area (Å²) in [6.07, 6.45) is 1.43. The number of rotatable bonds is 1. The van der Waals surface area contributed by atoms with Gasteiger partial charge in [-0.1, -0.05) is 0 Å². The molecule has 7 heavy (non-hydrogen) atoms. The molecule has 0 atom stereocenters. The molecule has 0 heterocycles. The van der Waals surface area contributed by atoms with Crippen molar-refractivity contribution in [3.05, 3.63) is 11.8 Å². The highest BCUT2D eigenvalue weighted by Crippen LogP contribution is 1.98. The lowest BCUT2D eigenvalue weighted by atomic mass is 10.4. The molecule has 0 fully saturated rings. The van der Waals surface area contributed by atoms with Gasteiger partial charge >= 0.3 is 0 Å². The zero-order chi connectivity index (χ0) is 5.86. The van der Waals surface area contributed by atoms with Crippen molar-refractivity contribution >= 4 is 26.3 Å². The molecular weight excluding hydrogens is 203 g/mol. The Hall–Kier alpha value is -0.0600.